The third-order valence-electron chi connectivity index (χ3n) is 2.10. The van der Waals surface area contributed by atoms with Crippen molar-refractivity contribution >= 4 is 11.9 Å². The van der Waals surface area contributed by atoms with Crippen LogP contribution in [-0.2, 0) is 19.1 Å². The Balaban J connectivity index is 2.08. The van der Waals surface area contributed by atoms with Crippen molar-refractivity contribution in [2.45, 2.75) is 38.0 Å². The summed E-state index contributed by atoms with van der Waals surface area (Å²) in [4.78, 5) is 20.9. The third-order valence-corrected chi connectivity index (χ3v) is 2.10. The molecular weight excluding hydrogens is 229 g/mol. The Kier molecular flexibility index (Phi) is 4.14. The molecule has 1 heterocycles. The topological polar surface area (TPSA) is 52.6 Å². The van der Waals surface area contributed by atoms with Crippen LogP contribution in [0.25, 0.3) is 0 Å². The summed E-state index contributed by atoms with van der Waals surface area (Å²) in [5, 5.41) is 0. The number of rotatable bonds is 4. The molecule has 0 bridgehead atoms. The minimum absolute atomic E-state index is 0.250. The van der Waals surface area contributed by atoms with E-state index in [9.17, 15) is 22.8 Å². The maximum absolute atomic E-state index is 11.7. The van der Waals surface area contributed by atoms with Crippen LogP contribution in [0, 0.1) is 0 Å². The van der Waals surface area contributed by atoms with Crippen LogP contribution in [-0.4, -0.2) is 30.8 Å². The van der Waals surface area contributed by atoms with E-state index in [1.807, 2.05) is 0 Å². The van der Waals surface area contributed by atoms with Crippen LogP contribution in [0.4, 0.5) is 13.2 Å². The zero-order chi connectivity index (χ0) is 12.2. The summed E-state index contributed by atoms with van der Waals surface area (Å²) in [6.45, 7) is -0.313. The second-order valence-electron chi connectivity index (χ2n) is 3.43. The van der Waals surface area contributed by atoms with Crippen molar-refractivity contribution in [3.63, 3.8) is 0 Å². The fourth-order valence-electron chi connectivity index (χ4n) is 1.34. The van der Waals surface area contributed by atoms with Crippen LogP contribution in [0.2, 0.25) is 0 Å². The normalized spacial score (nSPS) is 20.7. The van der Waals surface area contributed by atoms with Crippen LogP contribution < -0.4 is 0 Å². The highest BCUT2D eigenvalue weighted by molar-refractivity contribution is 5.75. The number of cyclic esters (lactones) is 1. The van der Waals surface area contributed by atoms with Crippen LogP contribution in [0.1, 0.15) is 25.7 Å². The lowest BCUT2D eigenvalue weighted by Crippen LogP contribution is -2.25. The SMILES string of the molecule is O=C1CCC(CCCOC(=O)C(F)(F)F)O1. The van der Waals surface area contributed by atoms with Crippen molar-refractivity contribution in [2.75, 3.05) is 6.61 Å². The molecule has 0 saturated carbocycles. The quantitative estimate of drug-likeness (QED) is 0.553. The number of ether oxygens (including phenoxy) is 2. The Morgan fingerprint density at radius 1 is 1.50 bits per heavy atom. The lowest BCUT2D eigenvalue weighted by molar-refractivity contribution is -0.199. The Morgan fingerprint density at radius 2 is 2.19 bits per heavy atom. The first-order valence-electron chi connectivity index (χ1n) is 4.83. The first-order valence-corrected chi connectivity index (χ1v) is 4.83. The monoisotopic (exact) mass is 240 g/mol. The molecule has 0 radical (unpaired) electrons. The number of carbonyl (C=O) groups is 2. The first-order chi connectivity index (χ1) is 7.39. The predicted molar refractivity (Wildman–Crippen MR) is 45.4 cm³/mol. The Bertz CT molecular complexity index is 274. The van der Waals surface area contributed by atoms with Crippen molar-refractivity contribution in [2.24, 2.45) is 0 Å². The summed E-state index contributed by atoms with van der Waals surface area (Å²) in [5.74, 6) is -2.48. The zero-order valence-corrected chi connectivity index (χ0v) is 8.38. The summed E-state index contributed by atoms with van der Waals surface area (Å²) in [6.07, 6.45) is -3.62. The van der Waals surface area contributed by atoms with E-state index in [2.05, 4.69) is 4.74 Å². The molecule has 1 fully saturated rings. The molecular formula is C9H11F3O4. The van der Waals surface area contributed by atoms with Gasteiger partial charge in [-0.2, -0.15) is 13.2 Å². The molecule has 4 nitrogen and oxygen atoms in total. The molecule has 92 valence electrons. The molecule has 7 heteroatoms. The van der Waals surface area contributed by atoms with Gasteiger partial charge in [-0.3, -0.25) is 4.79 Å². The zero-order valence-electron chi connectivity index (χ0n) is 8.38. The van der Waals surface area contributed by atoms with E-state index in [0.29, 0.717) is 19.3 Å². The van der Waals surface area contributed by atoms with E-state index in [-0.39, 0.29) is 25.1 Å². The van der Waals surface area contributed by atoms with Crippen LogP contribution in [0.5, 0.6) is 0 Å². The Morgan fingerprint density at radius 3 is 2.69 bits per heavy atom. The highest BCUT2D eigenvalue weighted by atomic mass is 19.4. The van der Waals surface area contributed by atoms with Gasteiger partial charge in [-0.05, 0) is 19.3 Å². The van der Waals surface area contributed by atoms with Gasteiger partial charge in [0.25, 0.3) is 0 Å². The molecule has 1 aliphatic rings. The highest BCUT2D eigenvalue weighted by Crippen LogP contribution is 2.19. The standard InChI is InChI=1S/C9H11F3O4/c10-9(11,12)8(14)15-5-1-2-6-3-4-7(13)16-6/h6H,1-5H2. The molecule has 1 rings (SSSR count). The lowest BCUT2D eigenvalue weighted by Gasteiger charge is -2.09. The summed E-state index contributed by atoms with van der Waals surface area (Å²) < 4.78 is 43.9. The first kappa shape index (κ1) is 12.8. The maximum atomic E-state index is 11.7. The van der Waals surface area contributed by atoms with Gasteiger partial charge in [-0.25, -0.2) is 4.79 Å². The fourth-order valence-corrected chi connectivity index (χ4v) is 1.34. The van der Waals surface area contributed by atoms with E-state index >= 15 is 0 Å². The fraction of sp³-hybridized carbons (Fsp3) is 0.778. The predicted octanol–water partition coefficient (Wildman–Crippen LogP) is 1.58. The molecule has 1 unspecified atom stereocenters. The summed E-state index contributed by atoms with van der Waals surface area (Å²) in [5.41, 5.74) is 0. The summed E-state index contributed by atoms with van der Waals surface area (Å²) in [7, 11) is 0. The van der Waals surface area contributed by atoms with Crippen molar-refractivity contribution in [1.82, 2.24) is 0 Å². The minimum atomic E-state index is -4.94. The number of halogens is 3. The molecule has 1 saturated heterocycles. The molecule has 16 heavy (non-hydrogen) atoms. The molecule has 1 atom stereocenters. The second-order valence-corrected chi connectivity index (χ2v) is 3.43. The van der Waals surface area contributed by atoms with Gasteiger partial charge in [0, 0.05) is 6.42 Å². The molecule has 0 N–H and O–H groups in total. The lowest BCUT2D eigenvalue weighted by atomic mass is 10.1. The molecule has 1 aliphatic heterocycles. The Hall–Kier alpha value is -1.27. The molecule has 0 spiro atoms. The van der Waals surface area contributed by atoms with Gasteiger partial charge in [-0.1, -0.05) is 0 Å². The average molecular weight is 240 g/mol. The molecule has 0 aromatic carbocycles. The highest BCUT2D eigenvalue weighted by Gasteiger charge is 2.40. The molecule has 0 aromatic heterocycles. The van der Waals surface area contributed by atoms with Gasteiger partial charge in [0.05, 0.1) is 6.61 Å². The molecule has 0 amide bonds. The van der Waals surface area contributed by atoms with Crippen molar-refractivity contribution in [1.29, 1.82) is 0 Å². The maximum Gasteiger partial charge on any atom is 0.490 e. The van der Waals surface area contributed by atoms with Crippen molar-refractivity contribution in [3.05, 3.63) is 0 Å². The molecule has 0 aliphatic carbocycles. The number of hydrogen-bond donors (Lipinski definition) is 0. The Labute approximate surface area is 89.7 Å². The number of alkyl halides is 3. The third kappa shape index (κ3) is 4.08. The summed E-state index contributed by atoms with van der Waals surface area (Å²) >= 11 is 0. The van der Waals surface area contributed by atoms with Crippen LogP contribution in [0.15, 0.2) is 0 Å². The van der Waals surface area contributed by atoms with Gasteiger partial charge in [-0.15, -0.1) is 0 Å². The van der Waals surface area contributed by atoms with Gasteiger partial charge in [0.1, 0.15) is 6.10 Å². The van der Waals surface area contributed by atoms with Crippen molar-refractivity contribution in [3.8, 4) is 0 Å². The number of hydrogen-bond acceptors (Lipinski definition) is 4. The van der Waals surface area contributed by atoms with E-state index in [0.717, 1.165) is 0 Å². The average Bonchev–Trinajstić information content (AvgIpc) is 2.57. The van der Waals surface area contributed by atoms with E-state index in [4.69, 9.17) is 4.74 Å². The van der Waals surface area contributed by atoms with Crippen molar-refractivity contribution < 1.29 is 32.2 Å². The van der Waals surface area contributed by atoms with E-state index in [1.165, 1.54) is 0 Å². The minimum Gasteiger partial charge on any atom is -0.462 e. The smallest absolute Gasteiger partial charge is 0.462 e. The number of esters is 2. The van der Waals surface area contributed by atoms with Gasteiger partial charge in [0.15, 0.2) is 0 Å². The second kappa shape index (κ2) is 5.18. The van der Waals surface area contributed by atoms with E-state index in [1.54, 1.807) is 0 Å². The van der Waals surface area contributed by atoms with E-state index < -0.39 is 12.1 Å². The van der Waals surface area contributed by atoms with Crippen LogP contribution >= 0.6 is 0 Å². The van der Waals surface area contributed by atoms with Gasteiger partial charge in [0.2, 0.25) is 0 Å². The number of carbonyl (C=O) groups excluding carboxylic acids is 2. The van der Waals surface area contributed by atoms with Gasteiger partial charge >= 0.3 is 18.1 Å². The summed E-state index contributed by atoms with van der Waals surface area (Å²) in [6, 6.07) is 0. The van der Waals surface area contributed by atoms with Crippen LogP contribution in [0.3, 0.4) is 0 Å². The van der Waals surface area contributed by atoms with Gasteiger partial charge < -0.3 is 9.47 Å². The molecule has 0 aromatic rings. The largest absolute Gasteiger partial charge is 0.490 e.